The third-order valence-electron chi connectivity index (χ3n) is 2.83. The molecule has 94 valence electrons. The summed E-state index contributed by atoms with van der Waals surface area (Å²) in [5.74, 6) is 0.460. The van der Waals surface area contributed by atoms with Gasteiger partial charge < -0.3 is 0 Å². The third-order valence-corrected chi connectivity index (χ3v) is 2.83. The smallest absolute Gasteiger partial charge is 0.141 e. The van der Waals surface area contributed by atoms with Gasteiger partial charge in [0.25, 0.3) is 0 Å². The summed E-state index contributed by atoms with van der Waals surface area (Å²) >= 11 is 0. The maximum Gasteiger partial charge on any atom is 0.141 e. The molecule has 1 atom stereocenters. The maximum atomic E-state index is 11.9. The average molecular weight is 226 g/mol. The molecule has 0 aromatic heterocycles. The lowest BCUT2D eigenvalue weighted by Crippen LogP contribution is -2.28. The second-order valence-electron chi connectivity index (χ2n) is 6.73. The van der Waals surface area contributed by atoms with Gasteiger partial charge in [-0.15, -0.1) is 0 Å². The SMILES string of the molecule is C[C@H](CCC(=O)C(C)(C)C)C(=O)C(C)(C)C. The number of carbonyl (C=O) groups is 2. The molecular weight excluding hydrogens is 200 g/mol. The van der Waals surface area contributed by atoms with Crippen molar-refractivity contribution in [3.63, 3.8) is 0 Å². The minimum absolute atomic E-state index is 0.0219. The Morgan fingerprint density at radius 3 is 1.69 bits per heavy atom. The molecule has 0 amide bonds. The molecule has 0 fully saturated rings. The lowest BCUT2D eigenvalue weighted by atomic mass is 9.80. The van der Waals surface area contributed by atoms with E-state index in [0.29, 0.717) is 12.8 Å². The van der Waals surface area contributed by atoms with Crippen LogP contribution in [-0.4, -0.2) is 11.6 Å². The first-order valence-electron chi connectivity index (χ1n) is 6.04. The van der Waals surface area contributed by atoms with Crippen molar-refractivity contribution >= 4 is 11.6 Å². The molecule has 0 bridgehead atoms. The van der Waals surface area contributed by atoms with E-state index >= 15 is 0 Å². The Morgan fingerprint density at radius 1 is 0.938 bits per heavy atom. The number of carbonyl (C=O) groups excluding carboxylic acids is 2. The molecule has 0 radical (unpaired) electrons. The summed E-state index contributed by atoms with van der Waals surface area (Å²) < 4.78 is 0. The summed E-state index contributed by atoms with van der Waals surface area (Å²) in [6, 6.07) is 0. The van der Waals surface area contributed by atoms with Gasteiger partial charge in [-0.05, 0) is 6.42 Å². The molecule has 0 spiro atoms. The first-order valence-corrected chi connectivity index (χ1v) is 6.04. The predicted molar refractivity (Wildman–Crippen MR) is 67.3 cm³/mol. The van der Waals surface area contributed by atoms with Gasteiger partial charge in [0, 0.05) is 23.2 Å². The van der Waals surface area contributed by atoms with E-state index < -0.39 is 0 Å². The van der Waals surface area contributed by atoms with Crippen molar-refractivity contribution in [2.75, 3.05) is 0 Å². The number of Topliss-reactive ketones (excluding diaryl/α,β-unsaturated/α-hetero) is 2. The van der Waals surface area contributed by atoms with Crippen LogP contribution in [0.15, 0.2) is 0 Å². The molecule has 0 aromatic rings. The first-order chi connectivity index (χ1) is 6.96. The molecule has 0 saturated carbocycles. The molecule has 0 unspecified atom stereocenters. The van der Waals surface area contributed by atoms with Crippen LogP contribution >= 0.6 is 0 Å². The van der Waals surface area contributed by atoms with Crippen molar-refractivity contribution in [2.45, 2.75) is 61.3 Å². The predicted octanol–water partition coefficient (Wildman–Crippen LogP) is 3.63. The van der Waals surface area contributed by atoms with Crippen LogP contribution in [0.25, 0.3) is 0 Å². The fourth-order valence-electron chi connectivity index (χ4n) is 1.59. The van der Waals surface area contributed by atoms with Gasteiger partial charge in [0.15, 0.2) is 0 Å². The van der Waals surface area contributed by atoms with Crippen molar-refractivity contribution in [3.05, 3.63) is 0 Å². The highest BCUT2D eigenvalue weighted by molar-refractivity contribution is 5.87. The Hall–Kier alpha value is -0.660. The van der Waals surface area contributed by atoms with Crippen LogP contribution in [0.3, 0.4) is 0 Å². The molecule has 0 aliphatic carbocycles. The number of rotatable bonds is 4. The van der Waals surface area contributed by atoms with E-state index in [1.54, 1.807) is 0 Å². The van der Waals surface area contributed by atoms with E-state index in [9.17, 15) is 9.59 Å². The minimum atomic E-state index is -0.301. The van der Waals surface area contributed by atoms with Gasteiger partial charge in [-0.3, -0.25) is 9.59 Å². The highest BCUT2D eigenvalue weighted by atomic mass is 16.1. The zero-order valence-electron chi connectivity index (χ0n) is 11.8. The van der Waals surface area contributed by atoms with Crippen LogP contribution in [0.5, 0.6) is 0 Å². The van der Waals surface area contributed by atoms with E-state index in [1.807, 2.05) is 48.5 Å². The third kappa shape index (κ3) is 4.91. The van der Waals surface area contributed by atoms with Crippen molar-refractivity contribution in [2.24, 2.45) is 16.7 Å². The van der Waals surface area contributed by atoms with E-state index in [2.05, 4.69) is 0 Å². The lowest BCUT2D eigenvalue weighted by Gasteiger charge is -2.23. The van der Waals surface area contributed by atoms with Gasteiger partial charge in [-0.2, -0.15) is 0 Å². The molecule has 0 saturated heterocycles. The molecule has 0 aliphatic heterocycles. The van der Waals surface area contributed by atoms with Crippen LogP contribution in [0.4, 0.5) is 0 Å². The first kappa shape index (κ1) is 15.3. The lowest BCUT2D eigenvalue weighted by molar-refractivity contribution is -0.131. The summed E-state index contributed by atoms with van der Waals surface area (Å²) in [6.07, 6.45) is 1.18. The van der Waals surface area contributed by atoms with E-state index in [4.69, 9.17) is 0 Å². The maximum absolute atomic E-state index is 11.9. The van der Waals surface area contributed by atoms with E-state index in [1.165, 1.54) is 0 Å². The highest BCUT2D eigenvalue weighted by Gasteiger charge is 2.28. The van der Waals surface area contributed by atoms with Crippen LogP contribution in [0.2, 0.25) is 0 Å². The standard InChI is InChI=1S/C14H26O2/c1-10(12(16)14(5,6)7)8-9-11(15)13(2,3)4/h10H,8-9H2,1-7H3/t10-/m1/s1. The molecule has 2 nitrogen and oxygen atoms in total. The molecule has 0 N–H and O–H groups in total. The average Bonchev–Trinajstić information content (AvgIpc) is 2.09. The zero-order valence-corrected chi connectivity index (χ0v) is 11.8. The van der Waals surface area contributed by atoms with Crippen molar-refractivity contribution < 1.29 is 9.59 Å². The van der Waals surface area contributed by atoms with E-state index in [0.717, 1.165) is 0 Å². The highest BCUT2D eigenvalue weighted by Crippen LogP contribution is 2.25. The monoisotopic (exact) mass is 226 g/mol. The fourth-order valence-corrected chi connectivity index (χ4v) is 1.59. The molecular formula is C14H26O2. The van der Waals surface area contributed by atoms with Gasteiger partial charge in [0.05, 0.1) is 0 Å². The quantitative estimate of drug-likeness (QED) is 0.733. The summed E-state index contributed by atoms with van der Waals surface area (Å²) in [5, 5.41) is 0. The second-order valence-corrected chi connectivity index (χ2v) is 6.73. The van der Waals surface area contributed by atoms with Gasteiger partial charge in [-0.1, -0.05) is 48.5 Å². The number of hydrogen-bond acceptors (Lipinski definition) is 2. The van der Waals surface area contributed by atoms with Gasteiger partial charge in [0.2, 0.25) is 0 Å². The van der Waals surface area contributed by atoms with Crippen molar-refractivity contribution in [3.8, 4) is 0 Å². The fraction of sp³-hybridized carbons (Fsp3) is 0.857. The van der Waals surface area contributed by atoms with Gasteiger partial charge in [-0.25, -0.2) is 0 Å². The summed E-state index contributed by atoms with van der Waals surface area (Å²) in [7, 11) is 0. The summed E-state index contributed by atoms with van der Waals surface area (Å²) in [6.45, 7) is 13.5. The van der Waals surface area contributed by atoms with Crippen LogP contribution in [0.1, 0.15) is 61.3 Å². The molecule has 16 heavy (non-hydrogen) atoms. The Balaban J connectivity index is 4.25. The van der Waals surface area contributed by atoms with Crippen molar-refractivity contribution in [1.29, 1.82) is 0 Å². The number of ketones is 2. The minimum Gasteiger partial charge on any atom is -0.299 e. The molecule has 0 rings (SSSR count). The van der Waals surface area contributed by atoms with Crippen molar-refractivity contribution in [1.82, 2.24) is 0 Å². The second kappa shape index (κ2) is 5.11. The van der Waals surface area contributed by atoms with Crippen LogP contribution in [-0.2, 0) is 9.59 Å². The molecule has 2 heteroatoms. The summed E-state index contributed by atoms with van der Waals surface area (Å²) in [4.78, 5) is 23.6. The van der Waals surface area contributed by atoms with Gasteiger partial charge >= 0.3 is 0 Å². The molecule has 0 aliphatic rings. The van der Waals surface area contributed by atoms with Crippen LogP contribution in [0, 0.1) is 16.7 Å². The zero-order chi connectivity index (χ0) is 13.1. The van der Waals surface area contributed by atoms with Gasteiger partial charge in [0.1, 0.15) is 11.6 Å². The van der Waals surface area contributed by atoms with E-state index in [-0.39, 0.29) is 28.3 Å². The number of hydrogen-bond donors (Lipinski definition) is 0. The molecule has 0 heterocycles. The normalized spacial score (nSPS) is 14.7. The van der Waals surface area contributed by atoms with Crippen LogP contribution < -0.4 is 0 Å². The Kier molecular flexibility index (Phi) is 4.90. The Morgan fingerprint density at radius 2 is 1.38 bits per heavy atom. The largest absolute Gasteiger partial charge is 0.299 e. The topological polar surface area (TPSA) is 34.1 Å². The Bertz CT molecular complexity index is 263. The molecule has 0 aromatic carbocycles. The summed E-state index contributed by atoms with van der Waals surface area (Å²) in [5.41, 5.74) is -0.589. The Labute approximate surface area is 99.8 Å².